The van der Waals surface area contributed by atoms with E-state index in [1.807, 2.05) is 0 Å². The van der Waals surface area contributed by atoms with Crippen LogP contribution in [0.3, 0.4) is 0 Å². The van der Waals surface area contributed by atoms with Crippen LogP contribution in [0.25, 0.3) is 0 Å². The molecule has 0 fully saturated rings. The Morgan fingerprint density at radius 1 is 1.60 bits per heavy atom. The van der Waals surface area contributed by atoms with Crippen molar-refractivity contribution in [3.63, 3.8) is 0 Å². The van der Waals surface area contributed by atoms with Gasteiger partial charge in [0.05, 0.1) is 6.54 Å². The van der Waals surface area contributed by atoms with Gasteiger partial charge in [0.2, 0.25) is 0 Å². The lowest BCUT2D eigenvalue weighted by molar-refractivity contribution is -0.121. The third kappa shape index (κ3) is 1.67. The van der Waals surface area contributed by atoms with Gasteiger partial charge in [-0.2, -0.15) is 0 Å². The van der Waals surface area contributed by atoms with E-state index in [9.17, 15) is 4.79 Å². The fraction of sp³-hybridized carbons (Fsp3) is 0.625. The summed E-state index contributed by atoms with van der Waals surface area (Å²) in [6, 6.07) is 0. The topological polar surface area (TPSA) is 43.1 Å². The molecule has 56 valence electrons. The molecule has 1 aliphatic rings. The highest BCUT2D eigenvalue weighted by Gasteiger charge is 2.16. The zero-order valence-electron chi connectivity index (χ0n) is 6.05. The fourth-order valence-electron chi connectivity index (χ4n) is 1.25. The van der Waals surface area contributed by atoms with Crippen LogP contribution in [-0.4, -0.2) is 12.3 Å². The number of rotatable bonds is 2. The van der Waals surface area contributed by atoms with Crippen molar-refractivity contribution < 1.29 is 4.79 Å². The Labute approximate surface area is 61.1 Å². The highest BCUT2D eigenvalue weighted by atomic mass is 16.1. The molecule has 0 aromatic heterocycles. The molecule has 0 aromatic carbocycles. The predicted molar refractivity (Wildman–Crippen MR) is 40.5 cm³/mol. The molecule has 10 heavy (non-hydrogen) atoms. The Balaban J connectivity index is 2.41. The fourth-order valence-corrected chi connectivity index (χ4v) is 1.25. The molecule has 0 heterocycles. The van der Waals surface area contributed by atoms with Crippen molar-refractivity contribution in [3.8, 4) is 0 Å². The van der Waals surface area contributed by atoms with Crippen LogP contribution in [0.1, 0.15) is 19.3 Å². The largest absolute Gasteiger partial charge is 0.324 e. The first-order valence-electron chi connectivity index (χ1n) is 3.72. The molecule has 2 N–H and O–H groups in total. The number of allylic oxidation sites excluding steroid dienone is 2. The van der Waals surface area contributed by atoms with Crippen LogP contribution in [0.15, 0.2) is 12.2 Å². The van der Waals surface area contributed by atoms with E-state index >= 15 is 0 Å². The zero-order valence-corrected chi connectivity index (χ0v) is 6.05. The summed E-state index contributed by atoms with van der Waals surface area (Å²) in [5, 5.41) is 0. The summed E-state index contributed by atoms with van der Waals surface area (Å²) in [5.41, 5.74) is 5.23. The van der Waals surface area contributed by atoms with Crippen LogP contribution < -0.4 is 5.73 Å². The summed E-state index contributed by atoms with van der Waals surface area (Å²) in [5.74, 6) is 0.430. The molecule has 1 atom stereocenters. The summed E-state index contributed by atoms with van der Waals surface area (Å²) in [4.78, 5) is 11.0. The van der Waals surface area contributed by atoms with Gasteiger partial charge in [-0.05, 0) is 19.3 Å². The summed E-state index contributed by atoms with van der Waals surface area (Å²) in [6.45, 7) is 0.207. The summed E-state index contributed by atoms with van der Waals surface area (Å²) >= 11 is 0. The van der Waals surface area contributed by atoms with E-state index in [2.05, 4.69) is 12.2 Å². The second kappa shape index (κ2) is 3.52. The van der Waals surface area contributed by atoms with Gasteiger partial charge in [0.15, 0.2) is 0 Å². The molecule has 2 nitrogen and oxygen atoms in total. The highest BCUT2D eigenvalue weighted by molar-refractivity contribution is 5.83. The Kier molecular flexibility index (Phi) is 2.63. The normalized spacial score (nSPS) is 24.7. The van der Waals surface area contributed by atoms with Gasteiger partial charge in [-0.15, -0.1) is 0 Å². The van der Waals surface area contributed by atoms with Crippen molar-refractivity contribution in [1.82, 2.24) is 0 Å². The van der Waals surface area contributed by atoms with Crippen molar-refractivity contribution in [3.05, 3.63) is 12.2 Å². The van der Waals surface area contributed by atoms with Crippen LogP contribution in [0.5, 0.6) is 0 Å². The molecular weight excluding hydrogens is 126 g/mol. The number of ketones is 1. The molecule has 0 bridgehead atoms. The van der Waals surface area contributed by atoms with Crippen LogP contribution in [0.4, 0.5) is 0 Å². The molecule has 0 amide bonds. The van der Waals surface area contributed by atoms with E-state index in [4.69, 9.17) is 5.73 Å². The highest BCUT2D eigenvalue weighted by Crippen LogP contribution is 2.18. The molecule has 0 saturated carbocycles. The van der Waals surface area contributed by atoms with E-state index in [0.29, 0.717) is 0 Å². The Hall–Kier alpha value is -0.630. The van der Waals surface area contributed by atoms with Gasteiger partial charge in [0.1, 0.15) is 5.78 Å². The van der Waals surface area contributed by atoms with Gasteiger partial charge in [0.25, 0.3) is 0 Å². The van der Waals surface area contributed by atoms with E-state index in [-0.39, 0.29) is 18.2 Å². The number of nitrogens with two attached hydrogens (primary N) is 1. The number of carbonyl (C=O) groups is 1. The molecule has 1 aliphatic carbocycles. The Bertz CT molecular complexity index is 151. The average molecular weight is 139 g/mol. The lowest BCUT2D eigenvalue weighted by atomic mass is 9.91. The summed E-state index contributed by atoms with van der Waals surface area (Å²) < 4.78 is 0. The number of hydrogen-bond donors (Lipinski definition) is 1. The van der Waals surface area contributed by atoms with Crippen LogP contribution in [0, 0.1) is 5.92 Å². The van der Waals surface area contributed by atoms with Crippen LogP contribution in [-0.2, 0) is 4.79 Å². The molecule has 0 aromatic rings. The lowest BCUT2D eigenvalue weighted by Crippen LogP contribution is -2.23. The average Bonchev–Trinajstić information content (AvgIpc) is 2.05. The van der Waals surface area contributed by atoms with Crippen LogP contribution >= 0.6 is 0 Å². The van der Waals surface area contributed by atoms with Crippen molar-refractivity contribution >= 4 is 5.78 Å². The number of hydrogen-bond acceptors (Lipinski definition) is 2. The minimum atomic E-state index is 0.207. The maximum Gasteiger partial charge on any atom is 0.149 e. The standard InChI is InChI=1S/C8H13NO/c9-6-8(10)7-4-2-1-3-5-7/h1-2,7H,3-6,9H2. The summed E-state index contributed by atoms with van der Waals surface area (Å²) in [7, 11) is 0. The number of Topliss-reactive ketones (excluding diaryl/α,β-unsaturated/α-hetero) is 1. The van der Waals surface area contributed by atoms with Crippen LogP contribution in [0.2, 0.25) is 0 Å². The lowest BCUT2D eigenvalue weighted by Gasteiger charge is -2.14. The molecule has 1 unspecified atom stereocenters. The first-order valence-corrected chi connectivity index (χ1v) is 3.72. The van der Waals surface area contributed by atoms with E-state index in [1.54, 1.807) is 0 Å². The third-order valence-electron chi connectivity index (χ3n) is 1.93. The maximum absolute atomic E-state index is 11.0. The summed E-state index contributed by atoms with van der Waals surface area (Å²) in [6.07, 6.45) is 7.13. The van der Waals surface area contributed by atoms with Gasteiger partial charge in [-0.25, -0.2) is 0 Å². The minimum absolute atomic E-state index is 0.207. The molecule has 0 spiro atoms. The molecule has 1 rings (SSSR count). The second-order valence-electron chi connectivity index (χ2n) is 2.65. The number of carbonyl (C=O) groups excluding carboxylic acids is 1. The van der Waals surface area contributed by atoms with E-state index in [0.717, 1.165) is 19.3 Å². The SMILES string of the molecule is NCC(=O)C1CC=CCC1. The van der Waals surface area contributed by atoms with Gasteiger partial charge in [0, 0.05) is 5.92 Å². The van der Waals surface area contributed by atoms with Gasteiger partial charge in [-0.1, -0.05) is 12.2 Å². The Morgan fingerprint density at radius 2 is 2.40 bits per heavy atom. The zero-order chi connectivity index (χ0) is 7.40. The van der Waals surface area contributed by atoms with Crippen molar-refractivity contribution in [1.29, 1.82) is 0 Å². The third-order valence-corrected chi connectivity index (χ3v) is 1.93. The van der Waals surface area contributed by atoms with Crippen molar-refractivity contribution in [2.45, 2.75) is 19.3 Å². The molecule has 0 radical (unpaired) electrons. The van der Waals surface area contributed by atoms with E-state index in [1.165, 1.54) is 0 Å². The molecule has 0 aliphatic heterocycles. The van der Waals surface area contributed by atoms with E-state index < -0.39 is 0 Å². The Morgan fingerprint density at radius 3 is 2.90 bits per heavy atom. The monoisotopic (exact) mass is 139 g/mol. The molecular formula is C8H13NO. The second-order valence-corrected chi connectivity index (χ2v) is 2.65. The first kappa shape index (κ1) is 7.48. The van der Waals surface area contributed by atoms with Gasteiger partial charge in [-0.3, -0.25) is 4.79 Å². The molecule has 0 saturated heterocycles. The van der Waals surface area contributed by atoms with Crippen molar-refractivity contribution in [2.75, 3.05) is 6.54 Å². The van der Waals surface area contributed by atoms with Crippen molar-refractivity contribution in [2.24, 2.45) is 11.7 Å². The molecule has 2 heteroatoms. The predicted octanol–water partition coefficient (Wildman–Crippen LogP) is 0.870. The first-order chi connectivity index (χ1) is 4.84. The van der Waals surface area contributed by atoms with Gasteiger partial charge >= 0.3 is 0 Å². The quantitative estimate of drug-likeness (QED) is 0.577. The maximum atomic E-state index is 11.0. The van der Waals surface area contributed by atoms with Gasteiger partial charge < -0.3 is 5.73 Å². The minimum Gasteiger partial charge on any atom is -0.324 e. The smallest absolute Gasteiger partial charge is 0.149 e.